The van der Waals surface area contributed by atoms with Crippen molar-refractivity contribution in [3.8, 4) is 0 Å². The van der Waals surface area contributed by atoms with Crippen LogP contribution in [0.1, 0.15) is 27.2 Å². The van der Waals surface area contributed by atoms with Gasteiger partial charge in [-0.1, -0.05) is 6.92 Å². The largest absolute Gasteiger partial charge is 0.324 e. The Morgan fingerprint density at radius 1 is 1.64 bits per heavy atom. The summed E-state index contributed by atoms with van der Waals surface area (Å²) in [6.07, 6.45) is 1.05. The number of hydrogen-bond acceptors (Lipinski definition) is 1. The molecule has 64 valence electrons. The summed E-state index contributed by atoms with van der Waals surface area (Å²) in [6, 6.07) is 0. The van der Waals surface area contributed by atoms with Crippen molar-refractivity contribution in [2.75, 3.05) is 6.54 Å². The molecule has 11 heavy (non-hydrogen) atoms. The van der Waals surface area contributed by atoms with E-state index >= 15 is 0 Å². The number of nitrogens with zero attached hydrogens (tertiary/aromatic N) is 1. The van der Waals surface area contributed by atoms with Crippen molar-refractivity contribution in [3.05, 3.63) is 0 Å². The average molecular weight is 176 g/mol. The number of hydrogen-bond donors (Lipinski definition) is 0. The van der Waals surface area contributed by atoms with Gasteiger partial charge < -0.3 is 4.90 Å². The third-order valence-electron chi connectivity index (χ3n) is 2.29. The van der Waals surface area contributed by atoms with E-state index in [9.17, 15) is 4.79 Å². The molecular formula is C8H14ClNO. The van der Waals surface area contributed by atoms with Gasteiger partial charge in [-0.05, 0) is 37.8 Å². The summed E-state index contributed by atoms with van der Waals surface area (Å²) in [5.41, 5.74) is -0.0434. The highest BCUT2D eigenvalue weighted by atomic mass is 35.5. The summed E-state index contributed by atoms with van der Waals surface area (Å²) >= 11 is 5.42. The van der Waals surface area contributed by atoms with Gasteiger partial charge in [0, 0.05) is 12.1 Å². The molecule has 1 rings (SSSR count). The lowest BCUT2D eigenvalue weighted by atomic mass is 9.98. The molecule has 0 N–H and O–H groups in total. The van der Waals surface area contributed by atoms with Crippen molar-refractivity contribution in [3.63, 3.8) is 0 Å². The van der Waals surface area contributed by atoms with E-state index < -0.39 is 0 Å². The van der Waals surface area contributed by atoms with Gasteiger partial charge in [0.1, 0.15) is 0 Å². The van der Waals surface area contributed by atoms with Gasteiger partial charge in [-0.15, -0.1) is 0 Å². The molecule has 0 spiro atoms. The number of carbonyl (C=O) groups is 1. The maximum absolute atomic E-state index is 10.9. The van der Waals surface area contributed by atoms with Gasteiger partial charge in [0.15, 0.2) is 0 Å². The molecule has 3 heteroatoms. The van der Waals surface area contributed by atoms with E-state index in [1.54, 1.807) is 4.90 Å². The summed E-state index contributed by atoms with van der Waals surface area (Å²) in [6.45, 7) is 7.05. The summed E-state index contributed by atoms with van der Waals surface area (Å²) in [5.74, 6) is 0.577. The Balaban J connectivity index is 2.74. The molecule has 1 atom stereocenters. The Bertz CT molecular complexity index is 179. The fraction of sp³-hybridized carbons (Fsp3) is 0.875. The first-order valence-electron chi connectivity index (χ1n) is 3.90. The van der Waals surface area contributed by atoms with Crippen LogP contribution in [0.3, 0.4) is 0 Å². The molecule has 0 aliphatic carbocycles. The minimum Gasteiger partial charge on any atom is -0.324 e. The highest BCUT2D eigenvalue weighted by Crippen LogP contribution is 2.32. The fourth-order valence-electron chi connectivity index (χ4n) is 1.90. The minimum absolute atomic E-state index is 0.0434. The van der Waals surface area contributed by atoms with Crippen molar-refractivity contribution >= 4 is 17.0 Å². The average Bonchev–Trinajstić information content (AvgIpc) is 2.04. The minimum atomic E-state index is -0.320. The van der Waals surface area contributed by atoms with Crippen molar-refractivity contribution in [2.45, 2.75) is 32.7 Å². The molecule has 2 nitrogen and oxygen atoms in total. The molecule has 1 heterocycles. The van der Waals surface area contributed by atoms with Gasteiger partial charge in [0.05, 0.1) is 0 Å². The van der Waals surface area contributed by atoms with E-state index in [-0.39, 0.29) is 10.9 Å². The van der Waals surface area contributed by atoms with Crippen LogP contribution in [0.5, 0.6) is 0 Å². The first kappa shape index (κ1) is 8.85. The van der Waals surface area contributed by atoms with E-state index in [0.717, 1.165) is 13.0 Å². The van der Waals surface area contributed by atoms with Crippen molar-refractivity contribution in [2.24, 2.45) is 5.92 Å². The van der Waals surface area contributed by atoms with Crippen LogP contribution in [0.2, 0.25) is 0 Å². The van der Waals surface area contributed by atoms with E-state index in [4.69, 9.17) is 11.6 Å². The number of halogens is 1. The smallest absolute Gasteiger partial charge is 0.316 e. The zero-order valence-corrected chi connectivity index (χ0v) is 7.98. The van der Waals surface area contributed by atoms with Gasteiger partial charge in [0.25, 0.3) is 0 Å². The molecule has 1 unspecified atom stereocenters. The van der Waals surface area contributed by atoms with Gasteiger partial charge in [-0.25, -0.2) is 0 Å². The van der Waals surface area contributed by atoms with Crippen LogP contribution in [-0.4, -0.2) is 22.3 Å². The van der Waals surface area contributed by atoms with Gasteiger partial charge in [-0.3, -0.25) is 4.79 Å². The van der Waals surface area contributed by atoms with Crippen molar-refractivity contribution in [1.29, 1.82) is 0 Å². The maximum Gasteiger partial charge on any atom is 0.316 e. The SMILES string of the molecule is CC1CN(C(=O)Cl)C(C)(C)C1. The maximum atomic E-state index is 10.9. The summed E-state index contributed by atoms with van der Waals surface area (Å²) in [5, 5.41) is -0.320. The molecule has 0 aromatic carbocycles. The zero-order valence-electron chi connectivity index (χ0n) is 7.22. The number of carbonyl (C=O) groups excluding carboxylic acids is 1. The van der Waals surface area contributed by atoms with Gasteiger partial charge >= 0.3 is 5.37 Å². The first-order chi connectivity index (χ1) is 4.93. The Kier molecular flexibility index (Phi) is 2.15. The number of amides is 1. The van der Waals surface area contributed by atoms with E-state index in [2.05, 4.69) is 20.8 Å². The van der Waals surface area contributed by atoms with E-state index in [1.807, 2.05) is 0 Å². The lowest BCUT2D eigenvalue weighted by Gasteiger charge is -2.29. The predicted molar refractivity (Wildman–Crippen MR) is 45.8 cm³/mol. The first-order valence-corrected chi connectivity index (χ1v) is 4.28. The zero-order chi connectivity index (χ0) is 8.65. The highest BCUT2D eigenvalue weighted by molar-refractivity contribution is 6.62. The molecule has 1 saturated heterocycles. The van der Waals surface area contributed by atoms with Crippen LogP contribution in [0.4, 0.5) is 4.79 Å². The van der Waals surface area contributed by atoms with E-state index in [0.29, 0.717) is 5.92 Å². The molecule has 1 amide bonds. The fourth-order valence-corrected chi connectivity index (χ4v) is 2.19. The van der Waals surface area contributed by atoms with E-state index in [1.165, 1.54) is 0 Å². The Morgan fingerprint density at radius 3 is 2.36 bits per heavy atom. The standard InChI is InChI=1S/C8H14ClNO/c1-6-4-8(2,3)10(5-6)7(9)11/h6H,4-5H2,1-3H3. The topological polar surface area (TPSA) is 20.3 Å². The van der Waals surface area contributed by atoms with Crippen molar-refractivity contribution in [1.82, 2.24) is 4.90 Å². The summed E-state index contributed by atoms with van der Waals surface area (Å²) in [7, 11) is 0. The lowest BCUT2D eigenvalue weighted by molar-refractivity contribution is 0.188. The molecule has 1 fully saturated rings. The molecule has 0 saturated carbocycles. The second-order valence-electron chi connectivity index (χ2n) is 3.99. The van der Waals surface area contributed by atoms with Crippen molar-refractivity contribution < 1.29 is 4.79 Å². The Hall–Kier alpha value is -0.240. The monoisotopic (exact) mass is 175 g/mol. The molecule has 0 radical (unpaired) electrons. The molecule has 1 aliphatic rings. The van der Waals surface area contributed by atoms with Crippen LogP contribution < -0.4 is 0 Å². The molecule has 1 aliphatic heterocycles. The van der Waals surface area contributed by atoms with Gasteiger partial charge in [0.2, 0.25) is 0 Å². The van der Waals surface area contributed by atoms with Crippen LogP contribution in [0.15, 0.2) is 0 Å². The second kappa shape index (κ2) is 2.67. The third kappa shape index (κ3) is 1.67. The molecule has 0 aromatic heterocycles. The second-order valence-corrected chi connectivity index (χ2v) is 4.31. The summed E-state index contributed by atoms with van der Waals surface area (Å²) < 4.78 is 0. The molecule has 0 aromatic rings. The number of rotatable bonds is 0. The van der Waals surface area contributed by atoms with Crippen LogP contribution in [0.25, 0.3) is 0 Å². The highest BCUT2D eigenvalue weighted by Gasteiger charge is 2.38. The van der Waals surface area contributed by atoms with Gasteiger partial charge in [-0.2, -0.15) is 0 Å². The third-order valence-corrected chi connectivity index (χ3v) is 2.49. The lowest BCUT2D eigenvalue weighted by Crippen LogP contribution is -2.39. The Labute approximate surface area is 72.5 Å². The van der Waals surface area contributed by atoms with Crippen LogP contribution >= 0.6 is 11.6 Å². The summed E-state index contributed by atoms with van der Waals surface area (Å²) in [4.78, 5) is 12.6. The molecule has 0 bridgehead atoms. The predicted octanol–water partition coefficient (Wildman–Crippen LogP) is 2.47. The Morgan fingerprint density at radius 2 is 2.18 bits per heavy atom. The normalized spacial score (nSPS) is 29.1. The van der Waals surface area contributed by atoms with Crippen LogP contribution in [-0.2, 0) is 0 Å². The quantitative estimate of drug-likeness (QED) is 0.409. The van der Waals surface area contributed by atoms with Crippen LogP contribution in [0, 0.1) is 5.92 Å². The molecular weight excluding hydrogens is 162 g/mol. The number of likely N-dealkylation sites (tertiary alicyclic amines) is 1.